The molecule has 2 nitrogen and oxygen atoms in total. The van der Waals surface area contributed by atoms with E-state index in [2.05, 4.69) is 31.4 Å². The fourth-order valence-electron chi connectivity index (χ4n) is 1.84. The van der Waals surface area contributed by atoms with Crippen molar-refractivity contribution in [3.05, 3.63) is 0 Å². The highest BCUT2D eigenvalue weighted by Gasteiger charge is 2.24. The van der Waals surface area contributed by atoms with Gasteiger partial charge in [-0.2, -0.15) is 0 Å². The van der Waals surface area contributed by atoms with E-state index in [1.165, 1.54) is 13.0 Å². The fraction of sp³-hybridized carbons (Fsp3) is 1.00. The van der Waals surface area contributed by atoms with E-state index in [-0.39, 0.29) is 0 Å². The first-order chi connectivity index (χ1) is 5.24. The third-order valence-electron chi connectivity index (χ3n) is 2.62. The highest BCUT2D eigenvalue weighted by Crippen LogP contribution is 2.16. The van der Waals surface area contributed by atoms with Gasteiger partial charge in [-0.05, 0) is 39.3 Å². The minimum Gasteiger partial charge on any atom is -0.314 e. The number of hydrogen-bond acceptors (Lipinski definition) is 2. The molecule has 1 aliphatic rings. The first-order valence-corrected chi connectivity index (χ1v) is 4.70. The molecule has 0 aromatic rings. The normalized spacial score (nSPS) is 34.1. The molecule has 0 spiro atoms. The summed E-state index contributed by atoms with van der Waals surface area (Å²) in [6, 6.07) is 1.40. The molecule has 0 aliphatic carbocycles. The molecule has 2 N–H and O–H groups in total. The van der Waals surface area contributed by atoms with Crippen LogP contribution in [0.3, 0.4) is 0 Å². The van der Waals surface area contributed by atoms with E-state index in [1.807, 2.05) is 0 Å². The minimum absolute atomic E-state index is 0.678. The van der Waals surface area contributed by atoms with Crippen molar-refractivity contribution in [1.82, 2.24) is 10.6 Å². The molecule has 1 fully saturated rings. The van der Waals surface area contributed by atoms with E-state index in [4.69, 9.17) is 0 Å². The first-order valence-electron chi connectivity index (χ1n) is 4.70. The van der Waals surface area contributed by atoms with Crippen molar-refractivity contribution >= 4 is 0 Å². The van der Waals surface area contributed by atoms with E-state index < -0.39 is 0 Å². The summed E-state index contributed by atoms with van der Waals surface area (Å²) in [6.07, 6.45) is 1.33. The Morgan fingerprint density at radius 3 is 2.82 bits per heavy atom. The molecule has 0 bridgehead atoms. The fourth-order valence-corrected chi connectivity index (χ4v) is 1.84. The second-order valence-corrected chi connectivity index (χ2v) is 3.65. The standard InChI is InChI=1S/C9H20N2/c1-4-10-8(3)9-5-7(2)11-6-9/h7-11H,4-6H2,1-3H3. The van der Waals surface area contributed by atoms with Gasteiger partial charge in [-0.15, -0.1) is 0 Å². The van der Waals surface area contributed by atoms with Crippen LogP contribution in [0.4, 0.5) is 0 Å². The molecule has 1 aliphatic heterocycles. The third-order valence-corrected chi connectivity index (χ3v) is 2.62. The van der Waals surface area contributed by atoms with Crippen LogP contribution in [0.5, 0.6) is 0 Å². The van der Waals surface area contributed by atoms with Crippen molar-refractivity contribution in [2.45, 2.75) is 39.3 Å². The highest BCUT2D eigenvalue weighted by molar-refractivity contribution is 4.84. The lowest BCUT2D eigenvalue weighted by Gasteiger charge is -2.18. The number of rotatable bonds is 3. The Hall–Kier alpha value is -0.0800. The van der Waals surface area contributed by atoms with Crippen molar-refractivity contribution in [3.63, 3.8) is 0 Å². The second kappa shape index (κ2) is 4.07. The van der Waals surface area contributed by atoms with Crippen LogP contribution >= 0.6 is 0 Å². The smallest absolute Gasteiger partial charge is 0.00795 e. The van der Waals surface area contributed by atoms with E-state index in [0.717, 1.165) is 18.5 Å². The zero-order chi connectivity index (χ0) is 8.27. The monoisotopic (exact) mass is 156 g/mol. The Labute approximate surface area is 69.8 Å². The van der Waals surface area contributed by atoms with Gasteiger partial charge in [0.25, 0.3) is 0 Å². The van der Waals surface area contributed by atoms with Crippen molar-refractivity contribution in [2.24, 2.45) is 5.92 Å². The molecule has 3 atom stereocenters. The van der Waals surface area contributed by atoms with Gasteiger partial charge in [-0.25, -0.2) is 0 Å². The van der Waals surface area contributed by atoms with Crippen molar-refractivity contribution in [1.29, 1.82) is 0 Å². The molecule has 1 rings (SSSR count). The van der Waals surface area contributed by atoms with Crippen LogP contribution in [0.15, 0.2) is 0 Å². The third kappa shape index (κ3) is 2.46. The molecule has 11 heavy (non-hydrogen) atoms. The summed E-state index contributed by atoms with van der Waals surface area (Å²) in [5.74, 6) is 0.838. The molecular formula is C9H20N2. The summed E-state index contributed by atoms with van der Waals surface area (Å²) in [4.78, 5) is 0. The van der Waals surface area contributed by atoms with E-state index in [0.29, 0.717) is 6.04 Å². The molecule has 1 saturated heterocycles. The molecule has 3 unspecified atom stereocenters. The van der Waals surface area contributed by atoms with Gasteiger partial charge in [0.1, 0.15) is 0 Å². The minimum atomic E-state index is 0.678. The molecule has 66 valence electrons. The lowest BCUT2D eigenvalue weighted by molar-refractivity contribution is 0.403. The van der Waals surface area contributed by atoms with Crippen LogP contribution in [-0.2, 0) is 0 Å². The SMILES string of the molecule is CCNC(C)C1CNC(C)C1. The van der Waals surface area contributed by atoms with Crippen LogP contribution in [0.2, 0.25) is 0 Å². The van der Waals surface area contributed by atoms with Gasteiger partial charge in [-0.3, -0.25) is 0 Å². The van der Waals surface area contributed by atoms with Crippen molar-refractivity contribution in [2.75, 3.05) is 13.1 Å². The summed E-state index contributed by atoms with van der Waals surface area (Å²) in [7, 11) is 0. The average Bonchev–Trinajstić information content (AvgIpc) is 2.36. The van der Waals surface area contributed by atoms with E-state index in [1.54, 1.807) is 0 Å². The van der Waals surface area contributed by atoms with Crippen LogP contribution in [0.25, 0.3) is 0 Å². The number of hydrogen-bond donors (Lipinski definition) is 2. The first kappa shape index (κ1) is 9.01. The van der Waals surface area contributed by atoms with Crippen LogP contribution < -0.4 is 10.6 Å². The van der Waals surface area contributed by atoms with Crippen molar-refractivity contribution < 1.29 is 0 Å². The lowest BCUT2D eigenvalue weighted by Crippen LogP contribution is -2.34. The van der Waals surface area contributed by atoms with Crippen LogP contribution in [-0.4, -0.2) is 25.2 Å². The average molecular weight is 156 g/mol. The lowest BCUT2D eigenvalue weighted by atomic mass is 9.98. The quantitative estimate of drug-likeness (QED) is 0.636. The Balaban J connectivity index is 2.25. The Morgan fingerprint density at radius 2 is 2.36 bits per heavy atom. The molecule has 0 radical (unpaired) electrons. The molecular weight excluding hydrogens is 136 g/mol. The maximum absolute atomic E-state index is 3.47. The summed E-state index contributed by atoms with van der Waals surface area (Å²) in [5, 5.41) is 6.94. The maximum atomic E-state index is 3.47. The Bertz CT molecular complexity index is 114. The molecule has 0 aromatic heterocycles. The second-order valence-electron chi connectivity index (χ2n) is 3.65. The topological polar surface area (TPSA) is 24.1 Å². The number of nitrogens with one attached hydrogen (secondary N) is 2. The highest BCUT2D eigenvalue weighted by atomic mass is 15.0. The van der Waals surface area contributed by atoms with E-state index in [9.17, 15) is 0 Å². The Morgan fingerprint density at radius 1 is 1.64 bits per heavy atom. The predicted octanol–water partition coefficient (Wildman–Crippen LogP) is 0.982. The molecule has 2 heteroatoms. The van der Waals surface area contributed by atoms with Gasteiger partial charge in [0.05, 0.1) is 0 Å². The van der Waals surface area contributed by atoms with Crippen LogP contribution in [0, 0.1) is 5.92 Å². The summed E-state index contributed by atoms with van der Waals surface area (Å²) in [6.45, 7) is 9.00. The summed E-state index contributed by atoms with van der Waals surface area (Å²) >= 11 is 0. The van der Waals surface area contributed by atoms with Gasteiger partial charge in [-0.1, -0.05) is 6.92 Å². The zero-order valence-electron chi connectivity index (χ0n) is 7.85. The summed E-state index contributed by atoms with van der Waals surface area (Å²) in [5.41, 5.74) is 0. The van der Waals surface area contributed by atoms with Gasteiger partial charge in [0.2, 0.25) is 0 Å². The van der Waals surface area contributed by atoms with Gasteiger partial charge in [0.15, 0.2) is 0 Å². The zero-order valence-corrected chi connectivity index (χ0v) is 7.85. The molecule has 1 heterocycles. The molecule has 0 amide bonds. The summed E-state index contributed by atoms with van der Waals surface area (Å²) < 4.78 is 0. The predicted molar refractivity (Wildman–Crippen MR) is 48.7 cm³/mol. The van der Waals surface area contributed by atoms with Gasteiger partial charge in [0, 0.05) is 12.1 Å². The Kier molecular flexibility index (Phi) is 3.34. The molecule has 0 aromatic carbocycles. The van der Waals surface area contributed by atoms with Gasteiger partial charge >= 0.3 is 0 Å². The van der Waals surface area contributed by atoms with Gasteiger partial charge < -0.3 is 10.6 Å². The maximum Gasteiger partial charge on any atom is 0.00795 e. The van der Waals surface area contributed by atoms with Crippen LogP contribution in [0.1, 0.15) is 27.2 Å². The van der Waals surface area contributed by atoms with E-state index >= 15 is 0 Å². The molecule has 0 saturated carbocycles. The van der Waals surface area contributed by atoms with Crippen molar-refractivity contribution in [3.8, 4) is 0 Å². The largest absolute Gasteiger partial charge is 0.314 e.